The van der Waals surface area contributed by atoms with Gasteiger partial charge in [-0.15, -0.1) is 0 Å². The van der Waals surface area contributed by atoms with Crippen molar-refractivity contribution in [3.8, 4) is 0 Å². The summed E-state index contributed by atoms with van der Waals surface area (Å²) in [6.45, 7) is 2.44. The summed E-state index contributed by atoms with van der Waals surface area (Å²) in [6, 6.07) is -0.454. The average Bonchev–Trinajstić information content (AvgIpc) is 2.27. The zero-order chi connectivity index (χ0) is 13.1. The van der Waals surface area contributed by atoms with Gasteiger partial charge in [0.2, 0.25) is 5.91 Å². The monoisotopic (exact) mass is 252 g/mol. The van der Waals surface area contributed by atoms with Gasteiger partial charge in [-0.1, -0.05) is 6.92 Å². The summed E-state index contributed by atoms with van der Waals surface area (Å²) in [6.07, 6.45) is -3.01. The molecule has 2 atom stereocenters. The fourth-order valence-corrected chi connectivity index (χ4v) is 2.06. The highest BCUT2D eigenvalue weighted by Crippen LogP contribution is 2.32. The number of nitrogens with zero attached hydrogens (tertiary/aromatic N) is 1. The van der Waals surface area contributed by atoms with Crippen LogP contribution in [0.25, 0.3) is 0 Å². The molecule has 1 aliphatic rings. The van der Waals surface area contributed by atoms with E-state index in [1.165, 1.54) is 0 Å². The molecule has 1 fully saturated rings. The summed E-state index contributed by atoms with van der Waals surface area (Å²) >= 11 is 0. The van der Waals surface area contributed by atoms with Crippen molar-refractivity contribution in [2.45, 2.75) is 38.4 Å². The maximum Gasteiger partial charge on any atom is 0.393 e. The van der Waals surface area contributed by atoms with Crippen LogP contribution >= 0.6 is 0 Å². The zero-order valence-corrected chi connectivity index (χ0v) is 10.2. The summed E-state index contributed by atoms with van der Waals surface area (Å²) in [5.74, 6) is -1.42. The number of carbonyl (C=O) groups excluding carboxylic acids is 1. The van der Waals surface area contributed by atoms with Gasteiger partial charge in [0.05, 0.1) is 12.0 Å². The molecule has 6 heteroatoms. The molecule has 1 saturated heterocycles. The molecule has 2 unspecified atom stereocenters. The Morgan fingerprint density at radius 3 is 2.47 bits per heavy atom. The number of likely N-dealkylation sites (N-methyl/N-ethyl adjacent to an activating group) is 1. The van der Waals surface area contributed by atoms with Crippen molar-refractivity contribution >= 4 is 5.91 Å². The van der Waals surface area contributed by atoms with Crippen molar-refractivity contribution < 1.29 is 18.0 Å². The second-order valence-electron chi connectivity index (χ2n) is 4.54. The Balaban J connectivity index is 2.44. The van der Waals surface area contributed by atoms with E-state index in [0.29, 0.717) is 6.54 Å². The minimum atomic E-state index is -4.16. The Morgan fingerprint density at radius 2 is 2.06 bits per heavy atom. The van der Waals surface area contributed by atoms with Crippen LogP contribution in [0.15, 0.2) is 0 Å². The van der Waals surface area contributed by atoms with E-state index in [-0.39, 0.29) is 25.3 Å². The van der Waals surface area contributed by atoms with Gasteiger partial charge < -0.3 is 10.2 Å². The minimum absolute atomic E-state index is 0.0346. The molecule has 1 rings (SSSR count). The number of piperidine rings is 1. The van der Waals surface area contributed by atoms with Crippen LogP contribution in [0.1, 0.15) is 26.2 Å². The van der Waals surface area contributed by atoms with Gasteiger partial charge >= 0.3 is 6.18 Å². The van der Waals surface area contributed by atoms with E-state index in [9.17, 15) is 18.0 Å². The van der Waals surface area contributed by atoms with Gasteiger partial charge in [-0.3, -0.25) is 4.79 Å². The SMILES string of the molecule is CCCN(C)C(=O)C1CCC(C(F)(F)F)CN1. The minimum Gasteiger partial charge on any atom is -0.344 e. The third-order valence-electron chi connectivity index (χ3n) is 3.11. The second kappa shape index (κ2) is 5.71. The van der Waals surface area contributed by atoms with Gasteiger partial charge in [0.15, 0.2) is 0 Å². The first kappa shape index (κ1) is 14.3. The molecule has 0 aromatic rings. The molecule has 1 amide bonds. The van der Waals surface area contributed by atoms with Gasteiger partial charge in [0.1, 0.15) is 0 Å². The largest absolute Gasteiger partial charge is 0.393 e. The highest BCUT2D eigenvalue weighted by atomic mass is 19.4. The van der Waals surface area contributed by atoms with Gasteiger partial charge in [-0.2, -0.15) is 13.2 Å². The number of carbonyl (C=O) groups is 1. The Labute approximate surface area is 99.4 Å². The van der Waals surface area contributed by atoms with E-state index >= 15 is 0 Å². The molecule has 1 N–H and O–H groups in total. The smallest absolute Gasteiger partial charge is 0.344 e. The summed E-state index contributed by atoms with van der Waals surface area (Å²) < 4.78 is 37.2. The summed E-state index contributed by atoms with van der Waals surface area (Å²) in [7, 11) is 1.68. The molecule has 100 valence electrons. The molecule has 0 spiro atoms. The van der Waals surface area contributed by atoms with Gasteiger partial charge in [-0.25, -0.2) is 0 Å². The number of hydrogen-bond donors (Lipinski definition) is 1. The lowest BCUT2D eigenvalue weighted by Gasteiger charge is -2.32. The molecule has 3 nitrogen and oxygen atoms in total. The van der Waals surface area contributed by atoms with Crippen molar-refractivity contribution in [1.29, 1.82) is 0 Å². The first-order valence-electron chi connectivity index (χ1n) is 5.91. The molecule has 0 aromatic heterocycles. The molecule has 0 aliphatic carbocycles. The van der Waals surface area contributed by atoms with Gasteiger partial charge in [-0.05, 0) is 19.3 Å². The van der Waals surface area contributed by atoms with Crippen LogP contribution in [0.4, 0.5) is 13.2 Å². The molecular formula is C11H19F3N2O. The number of halogens is 3. The van der Waals surface area contributed by atoms with Crippen LogP contribution in [0.5, 0.6) is 0 Å². The molecule has 1 aliphatic heterocycles. The third-order valence-corrected chi connectivity index (χ3v) is 3.11. The molecular weight excluding hydrogens is 233 g/mol. The van der Waals surface area contributed by atoms with Crippen LogP contribution in [-0.2, 0) is 4.79 Å². The number of hydrogen-bond acceptors (Lipinski definition) is 2. The fraction of sp³-hybridized carbons (Fsp3) is 0.909. The predicted molar refractivity (Wildman–Crippen MR) is 58.5 cm³/mol. The van der Waals surface area contributed by atoms with Crippen molar-refractivity contribution in [3.05, 3.63) is 0 Å². The van der Waals surface area contributed by atoms with E-state index in [0.717, 1.165) is 6.42 Å². The highest BCUT2D eigenvalue weighted by molar-refractivity contribution is 5.81. The van der Waals surface area contributed by atoms with Crippen LogP contribution in [0, 0.1) is 5.92 Å². The lowest BCUT2D eigenvalue weighted by Crippen LogP contribution is -2.51. The Morgan fingerprint density at radius 1 is 1.41 bits per heavy atom. The second-order valence-corrected chi connectivity index (χ2v) is 4.54. The molecule has 0 aromatic carbocycles. The summed E-state index contributed by atoms with van der Waals surface area (Å²) in [5, 5.41) is 2.70. The third kappa shape index (κ3) is 3.87. The van der Waals surface area contributed by atoms with Crippen LogP contribution in [-0.4, -0.2) is 43.2 Å². The van der Waals surface area contributed by atoms with Crippen LogP contribution in [0.3, 0.4) is 0 Å². The topological polar surface area (TPSA) is 32.3 Å². The molecule has 0 bridgehead atoms. The zero-order valence-electron chi connectivity index (χ0n) is 10.2. The quantitative estimate of drug-likeness (QED) is 0.830. The van der Waals surface area contributed by atoms with Crippen molar-refractivity contribution in [3.63, 3.8) is 0 Å². The summed E-state index contributed by atoms with van der Waals surface area (Å²) in [4.78, 5) is 13.4. The molecule has 0 saturated carbocycles. The predicted octanol–water partition coefficient (Wildman–Crippen LogP) is 1.79. The van der Waals surface area contributed by atoms with E-state index < -0.39 is 18.1 Å². The standard InChI is InChI=1S/C11H19F3N2O/c1-3-6-16(2)10(17)9-5-4-8(7-15-9)11(12,13)14/h8-9,15H,3-7H2,1-2H3. The number of nitrogens with one attached hydrogen (secondary N) is 1. The normalized spacial score (nSPS) is 25.7. The maximum atomic E-state index is 12.4. The number of alkyl halides is 3. The van der Waals surface area contributed by atoms with Crippen molar-refractivity contribution in [2.24, 2.45) is 5.92 Å². The van der Waals surface area contributed by atoms with Crippen LogP contribution in [0.2, 0.25) is 0 Å². The number of rotatable bonds is 3. The van der Waals surface area contributed by atoms with Crippen molar-refractivity contribution in [2.75, 3.05) is 20.1 Å². The Bertz CT molecular complexity index is 260. The first-order valence-corrected chi connectivity index (χ1v) is 5.91. The lowest BCUT2D eigenvalue weighted by molar-refractivity contribution is -0.180. The maximum absolute atomic E-state index is 12.4. The van der Waals surface area contributed by atoms with Gasteiger partial charge in [0.25, 0.3) is 0 Å². The Kier molecular flexibility index (Phi) is 4.80. The van der Waals surface area contributed by atoms with E-state index in [1.54, 1.807) is 11.9 Å². The van der Waals surface area contributed by atoms with E-state index in [2.05, 4.69) is 5.32 Å². The molecule has 0 radical (unpaired) electrons. The number of amides is 1. The van der Waals surface area contributed by atoms with Crippen molar-refractivity contribution in [1.82, 2.24) is 10.2 Å². The molecule has 1 heterocycles. The fourth-order valence-electron chi connectivity index (χ4n) is 2.06. The van der Waals surface area contributed by atoms with Gasteiger partial charge in [0, 0.05) is 20.1 Å². The van der Waals surface area contributed by atoms with E-state index in [4.69, 9.17) is 0 Å². The lowest BCUT2D eigenvalue weighted by atomic mass is 9.93. The summed E-state index contributed by atoms with van der Waals surface area (Å²) in [5.41, 5.74) is 0. The highest BCUT2D eigenvalue weighted by Gasteiger charge is 2.42. The molecule has 17 heavy (non-hydrogen) atoms. The van der Waals surface area contributed by atoms with Crippen LogP contribution < -0.4 is 5.32 Å². The average molecular weight is 252 g/mol. The Hall–Kier alpha value is -0.780. The van der Waals surface area contributed by atoms with E-state index in [1.807, 2.05) is 6.92 Å². The first-order chi connectivity index (χ1) is 7.86.